The largest absolute Gasteiger partial charge is 0.378 e. The Kier molecular flexibility index (Phi) is 5.31. The van der Waals surface area contributed by atoms with Gasteiger partial charge in [0.2, 0.25) is 5.91 Å². The minimum absolute atomic E-state index is 0.00977. The summed E-state index contributed by atoms with van der Waals surface area (Å²) in [5.41, 5.74) is 2.48. The molecular weight excluding hydrogens is 402 g/mol. The molecule has 156 valence electrons. The number of aromatic nitrogens is 3. The van der Waals surface area contributed by atoms with Gasteiger partial charge in [0.25, 0.3) is 0 Å². The van der Waals surface area contributed by atoms with Gasteiger partial charge in [-0.15, -0.1) is 0 Å². The number of hydrogen-bond acceptors (Lipinski definition) is 5. The fraction of sp³-hybridized carbons (Fsp3) is 0.409. The van der Waals surface area contributed by atoms with Crippen LogP contribution in [0.2, 0.25) is 5.02 Å². The molecule has 0 bridgehead atoms. The Bertz CT molecular complexity index is 1060. The van der Waals surface area contributed by atoms with Gasteiger partial charge in [0.15, 0.2) is 5.65 Å². The first-order valence-electron chi connectivity index (χ1n) is 10.4. The second-order valence-electron chi connectivity index (χ2n) is 7.86. The first-order chi connectivity index (χ1) is 14.7. The maximum Gasteiger partial charge on any atom is 0.227 e. The number of nitrogens with zero attached hydrogens (tertiary/aromatic N) is 4. The lowest BCUT2D eigenvalue weighted by Crippen LogP contribution is -2.48. The summed E-state index contributed by atoms with van der Waals surface area (Å²) >= 11 is 6.11. The van der Waals surface area contributed by atoms with Crippen LogP contribution in [-0.2, 0) is 9.53 Å². The molecule has 2 aliphatic heterocycles. The monoisotopic (exact) mass is 425 g/mol. The molecule has 0 radical (unpaired) electrons. The van der Waals surface area contributed by atoms with Crippen LogP contribution in [0.5, 0.6) is 0 Å². The molecule has 5 rings (SSSR count). The maximum atomic E-state index is 12.9. The van der Waals surface area contributed by atoms with Gasteiger partial charge in [-0.25, -0.2) is 9.97 Å². The molecule has 2 fully saturated rings. The highest BCUT2D eigenvalue weighted by Crippen LogP contribution is 2.27. The van der Waals surface area contributed by atoms with Gasteiger partial charge in [0.05, 0.1) is 24.6 Å². The smallest absolute Gasteiger partial charge is 0.227 e. The van der Waals surface area contributed by atoms with E-state index in [4.69, 9.17) is 21.3 Å². The number of imidazole rings is 1. The first kappa shape index (κ1) is 19.3. The normalized spacial score (nSPS) is 20.0. The van der Waals surface area contributed by atoms with Gasteiger partial charge >= 0.3 is 0 Å². The van der Waals surface area contributed by atoms with E-state index in [1.165, 1.54) is 0 Å². The minimum Gasteiger partial charge on any atom is -0.378 e. The Labute approximate surface area is 180 Å². The van der Waals surface area contributed by atoms with Crippen molar-refractivity contribution in [3.63, 3.8) is 0 Å². The highest BCUT2D eigenvalue weighted by atomic mass is 35.5. The highest BCUT2D eigenvalue weighted by Gasteiger charge is 2.30. The molecular formula is C22H24ClN5O2. The average Bonchev–Trinajstić information content (AvgIpc) is 3.23. The van der Waals surface area contributed by atoms with E-state index in [0.717, 1.165) is 42.1 Å². The predicted molar refractivity (Wildman–Crippen MR) is 117 cm³/mol. The van der Waals surface area contributed by atoms with Crippen molar-refractivity contribution in [1.29, 1.82) is 0 Å². The Morgan fingerprint density at radius 3 is 2.83 bits per heavy atom. The van der Waals surface area contributed by atoms with Crippen LogP contribution < -0.4 is 4.90 Å². The number of rotatable bonds is 3. The van der Waals surface area contributed by atoms with Crippen LogP contribution in [-0.4, -0.2) is 65.2 Å². The van der Waals surface area contributed by atoms with Crippen molar-refractivity contribution in [2.24, 2.45) is 5.92 Å². The summed E-state index contributed by atoms with van der Waals surface area (Å²) in [4.78, 5) is 29.8. The van der Waals surface area contributed by atoms with Crippen molar-refractivity contribution >= 4 is 34.5 Å². The molecule has 0 spiro atoms. The Balaban J connectivity index is 1.35. The van der Waals surface area contributed by atoms with E-state index in [0.29, 0.717) is 43.5 Å². The van der Waals surface area contributed by atoms with E-state index in [9.17, 15) is 4.79 Å². The number of H-pyrrole nitrogens is 1. The van der Waals surface area contributed by atoms with Crippen molar-refractivity contribution in [3.05, 3.63) is 41.4 Å². The van der Waals surface area contributed by atoms with Gasteiger partial charge in [-0.1, -0.05) is 23.7 Å². The molecule has 3 aromatic rings. The van der Waals surface area contributed by atoms with E-state index in [2.05, 4.69) is 14.9 Å². The summed E-state index contributed by atoms with van der Waals surface area (Å²) in [5.74, 6) is 1.87. The number of anilines is 1. The molecule has 30 heavy (non-hydrogen) atoms. The summed E-state index contributed by atoms with van der Waals surface area (Å²) in [6.45, 7) is 4.25. The highest BCUT2D eigenvalue weighted by molar-refractivity contribution is 6.30. The first-order valence-corrected chi connectivity index (χ1v) is 10.8. The molecule has 1 amide bonds. The van der Waals surface area contributed by atoms with Crippen LogP contribution in [0.4, 0.5) is 5.82 Å². The van der Waals surface area contributed by atoms with E-state index < -0.39 is 0 Å². The van der Waals surface area contributed by atoms with E-state index in [1.54, 1.807) is 0 Å². The van der Waals surface area contributed by atoms with Crippen molar-refractivity contribution in [2.75, 3.05) is 44.3 Å². The van der Waals surface area contributed by atoms with Gasteiger partial charge < -0.3 is 19.5 Å². The molecule has 2 aromatic heterocycles. The van der Waals surface area contributed by atoms with Gasteiger partial charge in [-0.2, -0.15) is 0 Å². The van der Waals surface area contributed by atoms with Gasteiger partial charge in [0, 0.05) is 36.8 Å². The molecule has 1 atom stereocenters. The van der Waals surface area contributed by atoms with E-state index >= 15 is 0 Å². The van der Waals surface area contributed by atoms with Crippen molar-refractivity contribution in [3.8, 4) is 11.4 Å². The number of pyridine rings is 1. The zero-order chi connectivity index (χ0) is 20.5. The molecule has 2 saturated heterocycles. The number of nitrogens with one attached hydrogen (secondary N) is 1. The molecule has 2 aliphatic rings. The molecule has 0 saturated carbocycles. The number of fused-ring (bicyclic) bond motifs is 1. The lowest BCUT2D eigenvalue weighted by atomic mass is 9.96. The minimum atomic E-state index is 0.00977. The SMILES string of the molecule is O=C([C@@H]1CCCN(c2ccc3[nH]c(-c4cccc(Cl)c4)nc3n2)C1)N1CCOCC1. The fourth-order valence-electron chi connectivity index (χ4n) is 4.26. The van der Waals surface area contributed by atoms with Crippen LogP contribution in [0.15, 0.2) is 36.4 Å². The number of aromatic amines is 1. The van der Waals surface area contributed by atoms with Gasteiger partial charge in [-0.3, -0.25) is 4.79 Å². The Hall–Kier alpha value is -2.64. The van der Waals surface area contributed by atoms with Gasteiger partial charge in [-0.05, 0) is 37.1 Å². The molecule has 1 aromatic carbocycles. The van der Waals surface area contributed by atoms with E-state index in [-0.39, 0.29) is 11.8 Å². The molecule has 0 aliphatic carbocycles. The summed E-state index contributed by atoms with van der Waals surface area (Å²) in [6.07, 6.45) is 1.91. The van der Waals surface area contributed by atoms with Crippen LogP contribution in [0.1, 0.15) is 12.8 Å². The lowest BCUT2D eigenvalue weighted by Gasteiger charge is -2.36. The number of piperidine rings is 1. The number of amides is 1. The second-order valence-corrected chi connectivity index (χ2v) is 8.30. The summed E-state index contributed by atoms with van der Waals surface area (Å²) in [6, 6.07) is 11.6. The third-order valence-corrected chi connectivity index (χ3v) is 6.08. The fourth-order valence-corrected chi connectivity index (χ4v) is 4.45. The van der Waals surface area contributed by atoms with Crippen LogP contribution in [0, 0.1) is 5.92 Å². The quantitative estimate of drug-likeness (QED) is 0.696. The Morgan fingerprint density at radius 2 is 2.00 bits per heavy atom. The average molecular weight is 426 g/mol. The third-order valence-electron chi connectivity index (χ3n) is 5.85. The second kappa shape index (κ2) is 8.24. The number of benzene rings is 1. The topological polar surface area (TPSA) is 74.4 Å². The number of morpholine rings is 1. The number of halogens is 1. The zero-order valence-corrected chi connectivity index (χ0v) is 17.4. The molecule has 4 heterocycles. The summed E-state index contributed by atoms with van der Waals surface area (Å²) < 4.78 is 5.38. The predicted octanol–water partition coefficient (Wildman–Crippen LogP) is 3.35. The maximum absolute atomic E-state index is 12.9. The molecule has 1 N–H and O–H groups in total. The number of carbonyl (C=O) groups excluding carboxylic acids is 1. The number of hydrogen-bond donors (Lipinski definition) is 1. The number of ether oxygens (including phenoxy) is 1. The van der Waals surface area contributed by atoms with E-state index in [1.807, 2.05) is 41.3 Å². The standard InChI is InChI=1S/C22H24ClN5O2/c23-17-5-1-3-15(13-17)20-24-18-6-7-19(25-21(18)26-20)28-8-2-4-16(14-28)22(29)27-9-11-30-12-10-27/h1,3,5-7,13,16H,2,4,8-12,14H2,(H,24,25,26)/t16-/m1/s1. The lowest BCUT2D eigenvalue weighted by molar-refractivity contribution is -0.139. The van der Waals surface area contributed by atoms with Crippen molar-refractivity contribution in [1.82, 2.24) is 19.9 Å². The zero-order valence-electron chi connectivity index (χ0n) is 16.7. The van der Waals surface area contributed by atoms with Crippen LogP contribution in [0.3, 0.4) is 0 Å². The number of carbonyl (C=O) groups is 1. The van der Waals surface area contributed by atoms with Crippen LogP contribution >= 0.6 is 11.6 Å². The summed E-state index contributed by atoms with van der Waals surface area (Å²) in [7, 11) is 0. The van der Waals surface area contributed by atoms with Gasteiger partial charge in [0.1, 0.15) is 11.6 Å². The molecule has 0 unspecified atom stereocenters. The molecule has 7 nitrogen and oxygen atoms in total. The van der Waals surface area contributed by atoms with Crippen LogP contribution in [0.25, 0.3) is 22.6 Å². The summed E-state index contributed by atoms with van der Waals surface area (Å²) in [5, 5.41) is 0.672. The third kappa shape index (κ3) is 3.87. The molecule has 8 heteroatoms. The van der Waals surface area contributed by atoms with Crippen molar-refractivity contribution in [2.45, 2.75) is 12.8 Å². The van der Waals surface area contributed by atoms with Crippen molar-refractivity contribution < 1.29 is 9.53 Å². The Morgan fingerprint density at radius 1 is 1.13 bits per heavy atom.